The van der Waals surface area contributed by atoms with E-state index in [4.69, 9.17) is 5.11 Å². The van der Waals surface area contributed by atoms with Crippen LogP contribution < -0.4 is 0 Å². The second-order valence-corrected chi connectivity index (χ2v) is 3.01. The molecule has 1 aliphatic heterocycles. The topological polar surface area (TPSA) is 46.5 Å². The molecule has 9 heavy (non-hydrogen) atoms. The van der Waals surface area contributed by atoms with Crippen LogP contribution >= 0.6 is 0 Å². The van der Waals surface area contributed by atoms with Crippen LogP contribution in [0.1, 0.15) is 20.3 Å². The van der Waals surface area contributed by atoms with Gasteiger partial charge in [-0.05, 0) is 0 Å². The van der Waals surface area contributed by atoms with Crippen LogP contribution in [0.2, 0.25) is 0 Å². The zero-order chi connectivity index (χ0) is 7.07. The number of aliphatic hydroxyl groups is 1. The first kappa shape index (κ1) is 6.55. The zero-order valence-electron chi connectivity index (χ0n) is 5.55. The molecule has 1 atom stereocenters. The predicted octanol–water partition coefficient (Wildman–Crippen LogP) is 0.278. The molecule has 0 radical (unpaired) electrons. The van der Waals surface area contributed by atoms with Crippen LogP contribution in [0.4, 0.5) is 0 Å². The number of carbonyl (C=O) groups excluding carboxylic acids is 1. The van der Waals surface area contributed by atoms with Crippen molar-refractivity contribution in [2.45, 2.75) is 26.6 Å². The van der Waals surface area contributed by atoms with Crippen molar-refractivity contribution >= 4 is 5.97 Å². The van der Waals surface area contributed by atoms with Crippen molar-refractivity contribution in [1.82, 2.24) is 0 Å². The van der Waals surface area contributed by atoms with E-state index < -0.39 is 11.7 Å². The van der Waals surface area contributed by atoms with Crippen molar-refractivity contribution in [2.75, 3.05) is 0 Å². The molecule has 1 rings (SSSR count). The van der Waals surface area contributed by atoms with Gasteiger partial charge in [-0.25, -0.2) is 0 Å². The third-order valence-electron chi connectivity index (χ3n) is 1.51. The maximum atomic E-state index is 10.5. The van der Waals surface area contributed by atoms with Crippen LogP contribution in [0.5, 0.6) is 0 Å². The minimum atomic E-state index is -0.912. The van der Waals surface area contributed by atoms with Crippen molar-refractivity contribution < 1.29 is 14.6 Å². The number of aliphatic hydroxyl groups excluding tert-OH is 1. The second-order valence-electron chi connectivity index (χ2n) is 3.01. The molecule has 0 aliphatic carbocycles. The summed E-state index contributed by atoms with van der Waals surface area (Å²) in [5, 5.41) is 8.98. The minimum Gasteiger partial charge on any atom is -0.435 e. The number of hydrogen-bond donors (Lipinski definition) is 1. The van der Waals surface area contributed by atoms with Gasteiger partial charge in [-0.2, -0.15) is 0 Å². The van der Waals surface area contributed by atoms with Crippen LogP contribution in [-0.2, 0) is 9.53 Å². The van der Waals surface area contributed by atoms with Crippen molar-refractivity contribution in [1.29, 1.82) is 0 Å². The van der Waals surface area contributed by atoms with Gasteiger partial charge in [-0.1, -0.05) is 13.8 Å². The van der Waals surface area contributed by atoms with Gasteiger partial charge in [0.25, 0.3) is 0 Å². The number of esters is 1. The van der Waals surface area contributed by atoms with E-state index in [9.17, 15) is 4.79 Å². The van der Waals surface area contributed by atoms with Gasteiger partial charge in [0, 0.05) is 5.41 Å². The molecule has 0 unspecified atom stereocenters. The van der Waals surface area contributed by atoms with Crippen LogP contribution in [0.25, 0.3) is 0 Å². The Balaban J connectivity index is 2.69. The number of carbonyl (C=O) groups is 1. The fourth-order valence-corrected chi connectivity index (χ4v) is 0.785. The number of cyclic esters (lactones) is 1. The lowest BCUT2D eigenvalue weighted by Gasteiger charge is -2.16. The fourth-order valence-electron chi connectivity index (χ4n) is 0.785. The molecule has 1 heterocycles. The Morgan fingerprint density at radius 2 is 2.33 bits per heavy atom. The van der Waals surface area contributed by atoms with E-state index in [1.165, 1.54) is 0 Å². The van der Waals surface area contributed by atoms with Crippen molar-refractivity contribution in [2.24, 2.45) is 5.41 Å². The van der Waals surface area contributed by atoms with Crippen LogP contribution in [0.15, 0.2) is 0 Å². The number of ether oxygens (including phenoxy) is 1. The van der Waals surface area contributed by atoms with Gasteiger partial charge in [-0.15, -0.1) is 0 Å². The van der Waals surface area contributed by atoms with Gasteiger partial charge >= 0.3 is 5.97 Å². The summed E-state index contributed by atoms with van der Waals surface area (Å²) >= 11 is 0. The zero-order valence-corrected chi connectivity index (χ0v) is 5.55. The number of hydrogen-bond acceptors (Lipinski definition) is 3. The average molecular weight is 130 g/mol. The summed E-state index contributed by atoms with van der Waals surface area (Å²) in [5.41, 5.74) is -0.392. The summed E-state index contributed by atoms with van der Waals surface area (Å²) in [7, 11) is 0. The highest BCUT2D eigenvalue weighted by Crippen LogP contribution is 2.32. The quantitative estimate of drug-likeness (QED) is 0.479. The lowest BCUT2D eigenvalue weighted by molar-refractivity contribution is -0.159. The second kappa shape index (κ2) is 1.70. The average Bonchev–Trinajstić information content (AvgIpc) is 1.79. The van der Waals surface area contributed by atoms with Crippen LogP contribution in [-0.4, -0.2) is 17.4 Å². The Morgan fingerprint density at radius 3 is 2.44 bits per heavy atom. The van der Waals surface area contributed by atoms with Crippen LogP contribution in [0, 0.1) is 5.41 Å². The molecule has 1 aliphatic rings. The SMILES string of the molecule is CC1(C)CC(=O)O[C@H]1O. The summed E-state index contributed by atoms with van der Waals surface area (Å²) in [6, 6.07) is 0. The summed E-state index contributed by atoms with van der Waals surface area (Å²) < 4.78 is 4.49. The largest absolute Gasteiger partial charge is 0.435 e. The van der Waals surface area contributed by atoms with E-state index in [0.29, 0.717) is 6.42 Å². The molecule has 52 valence electrons. The minimum absolute atomic E-state index is 0.312. The molecular formula is C6H10O3. The lowest BCUT2D eigenvalue weighted by Crippen LogP contribution is -2.23. The van der Waals surface area contributed by atoms with Gasteiger partial charge in [0.15, 0.2) is 0 Å². The highest BCUT2D eigenvalue weighted by Gasteiger charge is 2.40. The molecule has 3 nitrogen and oxygen atoms in total. The Labute approximate surface area is 53.6 Å². The van der Waals surface area contributed by atoms with Crippen molar-refractivity contribution in [3.63, 3.8) is 0 Å². The highest BCUT2D eigenvalue weighted by atomic mass is 16.6. The normalized spacial score (nSPS) is 32.3. The maximum Gasteiger partial charge on any atom is 0.308 e. The Bertz CT molecular complexity index is 139. The third kappa shape index (κ3) is 1.05. The first-order chi connectivity index (χ1) is 4.02. The van der Waals surface area contributed by atoms with Gasteiger partial charge in [0.05, 0.1) is 6.42 Å². The molecule has 1 fully saturated rings. The van der Waals surface area contributed by atoms with Gasteiger partial charge in [-0.3, -0.25) is 4.79 Å². The number of rotatable bonds is 0. The molecule has 0 amide bonds. The predicted molar refractivity (Wildman–Crippen MR) is 30.5 cm³/mol. The summed E-state index contributed by atoms with van der Waals surface area (Å²) in [5.74, 6) is -0.312. The molecule has 0 aromatic rings. The van der Waals surface area contributed by atoms with Crippen molar-refractivity contribution in [3.05, 3.63) is 0 Å². The van der Waals surface area contributed by atoms with Gasteiger partial charge in [0.2, 0.25) is 6.29 Å². The van der Waals surface area contributed by atoms with E-state index in [-0.39, 0.29) is 5.97 Å². The highest BCUT2D eigenvalue weighted by molar-refractivity contribution is 5.72. The fraction of sp³-hybridized carbons (Fsp3) is 0.833. The molecular weight excluding hydrogens is 120 g/mol. The van der Waals surface area contributed by atoms with Crippen molar-refractivity contribution in [3.8, 4) is 0 Å². The Kier molecular flexibility index (Phi) is 1.24. The van der Waals surface area contributed by atoms with Gasteiger partial charge in [0.1, 0.15) is 0 Å². The molecule has 1 saturated heterocycles. The third-order valence-corrected chi connectivity index (χ3v) is 1.51. The van der Waals surface area contributed by atoms with E-state index in [0.717, 1.165) is 0 Å². The molecule has 0 aromatic carbocycles. The summed E-state index contributed by atoms with van der Waals surface area (Å²) in [6.07, 6.45) is -0.598. The molecule has 0 saturated carbocycles. The molecule has 0 aromatic heterocycles. The lowest BCUT2D eigenvalue weighted by atomic mass is 9.91. The molecule has 0 bridgehead atoms. The summed E-state index contributed by atoms with van der Waals surface area (Å²) in [4.78, 5) is 10.5. The van der Waals surface area contributed by atoms with Gasteiger partial charge < -0.3 is 9.84 Å². The Hall–Kier alpha value is -0.570. The van der Waals surface area contributed by atoms with E-state index >= 15 is 0 Å². The Morgan fingerprint density at radius 1 is 1.78 bits per heavy atom. The van der Waals surface area contributed by atoms with E-state index in [2.05, 4.69) is 4.74 Å². The summed E-state index contributed by atoms with van der Waals surface area (Å²) in [6.45, 7) is 3.59. The smallest absolute Gasteiger partial charge is 0.308 e. The van der Waals surface area contributed by atoms with Crippen LogP contribution in [0.3, 0.4) is 0 Å². The maximum absolute atomic E-state index is 10.5. The standard InChI is InChI=1S/C6H10O3/c1-6(2)3-4(7)9-5(6)8/h5,8H,3H2,1-2H3/t5-/m1/s1. The first-order valence-electron chi connectivity index (χ1n) is 2.90. The van der Waals surface area contributed by atoms with E-state index in [1.54, 1.807) is 13.8 Å². The molecule has 0 spiro atoms. The first-order valence-corrected chi connectivity index (χ1v) is 2.90. The molecule has 3 heteroatoms. The molecule has 1 N–H and O–H groups in total. The monoisotopic (exact) mass is 130 g/mol. The van der Waals surface area contributed by atoms with E-state index in [1.807, 2.05) is 0 Å².